The fraction of sp³-hybridized carbons (Fsp3) is 0.312. The molecule has 0 saturated heterocycles. The van der Waals surface area contributed by atoms with E-state index in [1.54, 1.807) is 12.1 Å². The van der Waals surface area contributed by atoms with E-state index >= 15 is 0 Å². The molecule has 0 aliphatic rings. The van der Waals surface area contributed by atoms with Crippen molar-refractivity contribution in [3.63, 3.8) is 0 Å². The van der Waals surface area contributed by atoms with Crippen molar-refractivity contribution in [2.45, 2.75) is 26.4 Å². The molecule has 0 fully saturated rings. The molecule has 0 saturated carbocycles. The number of H-pyrrole nitrogens is 1. The lowest BCUT2D eigenvalue weighted by atomic mass is 10.1. The molecule has 1 aromatic heterocycles. The Morgan fingerprint density at radius 1 is 1.30 bits per heavy atom. The monoisotopic (exact) mass is 317 g/mol. The van der Waals surface area contributed by atoms with Crippen LogP contribution < -0.4 is 5.32 Å². The van der Waals surface area contributed by atoms with Crippen molar-refractivity contribution in [1.82, 2.24) is 10.2 Å². The van der Waals surface area contributed by atoms with Gasteiger partial charge in [-0.05, 0) is 35.7 Å². The molecule has 2 rings (SSSR count). The summed E-state index contributed by atoms with van der Waals surface area (Å²) >= 11 is 0. The van der Waals surface area contributed by atoms with Crippen LogP contribution in [0.25, 0.3) is 0 Å². The third-order valence-corrected chi connectivity index (χ3v) is 3.26. The fourth-order valence-electron chi connectivity index (χ4n) is 2.08. The van der Waals surface area contributed by atoms with Crippen LogP contribution in [0.5, 0.6) is 0 Å². The Kier molecular flexibility index (Phi) is 5.13. The van der Waals surface area contributed by atoms with Crippen molar-refractivity contribution in [1.29, 1.82) is 0 Å². The van der Waals surface area contributed by atoms with Crippen LogP contribution in [0.1, 0.15) is 51.9 Å². The van der Waals surface area contributed by atoms with Crippen molar-refractivity contribution < 1.29 is 19.4 Å². The zero-order valence-corrected chi connectivity index (χ0v) is 13.2. The number of nitrogens with zero attached hydrogens (tertiary/aromatic N) is 1. The molecule has 7 nitrogen and oxygen atoms in total. The van der Waals surface area contributed by atoms with Gasteiger partial charge in [0.05, 0.1) is 12.2 Å². The molecule has 0 radical (unpaired) electrons. The van der Waals surface area contributed by atoms with Crippen molar-refractivity contribution in [2.75, 3.05) is 12.4 Å². The zero-order valence-electron chi connectivity index (χ0n) is 13.2. The summed E-state index contributed by atoms with van der Waals surface area (Å²) in [4.78, 5) is 23.4. The van der Waals surface area contributed by atoms with Gasteiger partial charge in [-0.25, -0.2) is 4.79 Å². The molecule has 1 amide bonds. The minimum absolute atomic E-state index is 0.0831. The summed E-state index contributed by atoms with van der Waals surface area (Å²) in [5.74, 6) is -1.24. The molecule has 3 N–H and O–H groups in total. The summed E-state index contributed by atoms with van der Waals surface area (Å²) in [6, 6.07) is 6.25. The number of anilines is 1. The van der Waals surface area contributed by atoms with Gasteiger partial charge in [0, 0.05) is 18.5 Å². The van der Waals surface area contributed by atoms with E-state index in [2.05, 4.69) is 15.5 Å². The van der Waals surface area contributed by atoms with E-state index in [1.165, 1.54) is 19.2 Å². The lowest BCUT2D eigenvalue weighted by molar-refractivity contribution is 0.0696. The van der Waals surface area contributed by atoms with Gasteiger partial charge in [-0.3, -0.25) is 9.89 Å². The number of rotatable bonds is 6. The highest BCUT2D eigenvalue weighted by Crippen LogP contribution is 2.18. The van der Waals surface area contributed by atoms with E-state index in [0.29, 0.717) is 11.3 Å². The normalized spacial score (nSPS) is 10.8. The number of carboxylic acids is 1. The zero-order chi connectivity index (χ0) is 17.0. The number of carbonyl (C=O) groups is 2. The van der Waals surface area contributed by atoms with E-state index in [4.69, 9.17) is 9.84 Å². The second-order valence-electron chi connectivity index (χ2n) is 5.47. The third-order valence-electron chi connectivity index (χ3n) is 3.26. The van der Waals surface area contributed by atoms with Crippen LogP contribution in [0.4, 0.5) is 5.69 Å². The van der Waals surface area contributed by atoms with Crippen molar-refractivity contribution in [3.05, 3.63) is 46.8 Å². The molecule has 7 heteroatoms. The average molecular weight is 317 g/mol. The maximum absolute atomic E-state index is 12.2. The molecular weight excluding hydrogens is 298 g/mol. The van der Waals surface area contributed by atoms with E-state index in [-0.39, 0.29) is 23.8 Å². The number of aromatic carboxylic acids is 1. The molecule has 23 heavy (non-hydrogen) atoms. The van der Waals surface area contributed by atoms with Crippen molar-refractivity contribution in [2.24, 2.45) is 0 Å². The number of amides is 1. The molecule has 0 atom stereocenters. The SMILES string of the molecule is COCc1cc(NC(=O)c2cc(C(C)C)[nH]n2)cc(C(=O)O)c1. The number of aromatic amines is 1. The van der Waals surface area contributed by atoms with Gasteiger partial charge >= 0.3 is 5.97 Å². The Labute approximate surface area is 133 Å². The molecule has 0 aliphatic heterocycles. The minimum Gasteiger partial charge on any atom is -0.478 e. The number of hydrogen-bond donors (Lipinski definition) is 3. The minimum atomic E-state index is -1.07. The highest BCUT2D eigenvalue weighted by Gasteiger charge is 2.14. The number of hydrogen-bond acceptors (Lipinski definition) is 4. The van der Waals surface area contributed by atoms with Gasteiger partial charge in [0.15, 0.2) is 5.69 Å². The van der Waals surface area contributed by atoms with Crippen molar-refractivity contribution >= 4 is 17.6 Å². The van der Waals surface area contributed by atoms with Crippen LogP contribution in [-0.4, -0.2) is 34.3 Å². The molecule has 1 aromatic carbocycles. The van der Waals surface area contributed by atoms with E-state index in [9.17, 15) is 9.59 Å². The van der Waals surface area contributed by atoms with Gasteiger partial charge in [-0.1, -0.05) is 13.8 Å². The van der Waals surface area contributed by atoms with Gasteiger partial charge in [0.2, 0.25) is 0 Å². The van der Waals surface area contributed by atoms with Gasteiger partial charge in [-0.2, -0.15) is 5.10 Å². The Bertz CT molecular complexity index is 722. The number of carboxylic acid groups (broad SMARTS) is 1. The van der Waals surface area contributed by atoms with Gasteiger partial charge < -0.3 is 15.2 Å². The first-order chi connectivity index (χ1) is 10.9. The number of ether oxygens (including phenoxy) is 1. The average Bonchev–Trinajstić information content (AvgIpc) is 2.97. The Morgan fingerprint density at radius 3 is 2.61 bits per heavy atom. The van der Waals surface area contributed by atoms with Gasteiger partial charge in [-0.15, -0.1) is 0 Å². The summed E-state index contributed by atoms with van der Waals surface area (Å²) in [5.41, 5.74) is 2.24. The molecular formula is C16H19N3O4. The molecule has 0 aliphatic carbocycles. The van der Waals surface area contributed by atoms with Crippen LogP contribution in [0.2, 0.25) is 0 Å². The van der Waals surface area contributed by atoms with Gasteiger partial charge in [0.25, 0.3) is 5.91 Å². The predicted octanol–water partition coefficient (Wildman–Crippen LogP) is 2.63. The quantitative estimate of drug-likeness (QED) is 0.759. The van der Waals surface area contributed by atoms with Crippen LogP contribution in [0.3, 0.4) is 0 Å². The second-order valence-corrected chi connectivity index (χ2v) is 5.47. The lowest BCUT2D eigenvalue weighted by Crippen LogP contribution is -2.13. The topological polar surface area (TPSA) is 104 Å². The van der Waals surface area contributed by atoms with Crippen LogP contribution in [-0.2, 0) is 11.3 Å². The van der Waals surface area contributed by atoms with Crippen LogP contribution >= 0.6 is 0 Å². The van der Waals surface area contributed by atoms with Crippen LogP contribution in [0.15, 0.2) is 24.3 Å². The summed E-state index contributed by atoms with van der Waals surface area (Å²) in [6.45, 7) is 4.23. The van der Waals surface area contributed by atoms with E-state index in [1.807, 2.05) is 13.8 Å². The predicted molar refractivity (Wildman–Crippen MR) is 84.7 cm³/mol. The Balaban J connectivity index is 2.23. The second kappa shape index (κ2) is 7.06. The molecule has 0 spiro atoms. The first-order valence-corrected chi connectivity index (χ1v) is 7.13. The Hall–Kier alpha value is -2.67. The summed E-state index contributed by atoms with van der Waals surface area (Å²) in [6.07, 6.45) is 0. The summed E-state index contributed by atoms with van der Waals surface area (Å²) in [5, 5.41) is 18.6. The van der Waals surface area contributed by atoms with Crippen LogP contribution in [0, 0.1) is 0 Å². The number of nitrogens with one attached hydrogen (secondary N) is 2. The maximum Gasteiger partial charge on any atom is 0.335 e. The maximum atomic E-state index is 12.2. The lowest BCUT2D eigenvalue weighted by Gasteiger charge is -2.08. The smallest absolute Gasteiger partial charge is 0.335 e. The third kappa shape index (κ3) is 4.17. The highest BCUT2D eigenvalue weighted by molar-refractivity contribution is 6.03. The molecule has 122 valence electrons. The van der Waals surface area contributed by atoms with Gasteiger partial charge in [0.1, 0.15) is 0 Å². The Morgan fingerprint density at radius 2 is 2.04 bits per heavy atom. The summed E-state index contributed by atoms with van der Waals surface area (Å²) in [7, 11) is 1.52. The summed E-state index contributed by atoms with van der Waals surface area (Å²) < 4.78 is 5.01. The fourth-order valence-corrected chi connectivity index (χ4v) is 2.08. The van der Waals surface area contributed by atoms with E-state index < -0.39 is 11.9 Å². The molecule has 2 aromatic rings. The molecule has 0 bridgehead atoms. The molecule has 1 heterocycles. The standard InChI is InChI=1S/C16H19N3O4/c1-9(2)13-7-14(19-18-13)15(20)17-12-5-10(8-23-3)4-11(6-12)16(21)22/h4-7,9H,8H2,1-3H3,(H,17,20)(H,18,19)(H,21,22). The largest absolute Gasteiger partial charge is 0.478 e. The highest BCUT2D eigenvalue weighted by atomic mass is 16.5. The number of methoxy groups -OCH3 is 1. The number of benzene rings is 1. The first-order valence-electron chi connectivity index (χ1n) is 7.13. The van der Waals surface area contributed by atoms with Crippen molar-refractivity contribution in [3.8, 4) is 0 Å². The number of carbonyl (C=O) groups excluding carboxylic acids is 1. The molecule has 0 unspecified atom stereocenters. The first kappa shape index (κ1) is 16.7. The number of aromatic nitrogens is 2. The van der Waals surface area contributed by atoms with E-state index in [0.717, 1.165) is 5.69 Å².